The molecule has 168 valence electrons. The Morgan fingerprint density at radius 2 is 1.73 bits per heavy atom. The SMILES string of the molecule is N#CCOc1ccc(/C=N\NC(=O)CN(c2ccccc2F)S(=O)(=O)c2ccccc2)cc1. The summed E-state index contributed by atoms with van der Waals surface area (Å²) < 4.78 is 46.5. The molecule has 0 aliphatic heterocycles. The molecule has 0 radical (unpaired) electrons. The number of nitriles is 1. The summed E-state index contributed by atoms with van der Waals surface area (Å²) in [6, 6.07) is 21.2. The van der Waals surface area contributed by atoms with E-state index in [2.05, 4.69) is 10.5 Å². The zero-order valence-corrected chi connectivity index (χ0v) is 18.1. The van der Waals surface area contributed by atoms with Crippen LogP contribution in [0.3, 0.4) is 0 Å². The Bertz CT molecular complexity index is 1270. The molecule has 0 aromatic heterocycles. The fourth-order valence-corrected chi connectivity index (χ4v) is 4.23. The normalized spacial score (nSPS) is 11.0. The van der Waals surface area contributed by atoms with E-state index in [4.69, 9.17) is 10.00 Å². The van der Waals surface area contributed by atoms with Gasteiger partial charge in [0, 0.05) is 0 Å². The van der Waals surface area contributed by atoms with E-state index < -0.39 is 28.3 Å². The van der Waals surface area contributed by atoms with E-state index >= 15 is 0 Å². The lowest BCUT2D eigenvalue weighted by molar-refractivity contribution is -0.119. The first-order valence-electron chi connectivity index (χ1n) is 9.66. The Kier molecular flexibility index (Phi) is 7.73. The van der Waals surface area contributed by atoms with Crippen LogP contribution in [-0.2, 0) is 14.8 Å². The van der Waals surface area contributed by atoms with E-state index in [9.17, 15) is 17.6 Å². The third-order valence-electron chi connectivity index (χ3n) is 4.33. The fraction of sp³-hybridized carbons (Fsp3) is 0.0870. The van der Waals surface area contributed by atoms with Crippen molar-refractivity contribution in [1.82, 2.24) is 5.43 Å². The van der Waals surface area contributed by atoms with Gasteiger partial charge >= 0.3 is 0 Å². The van der Waals surface area contributed by atoms with Crippen LogP contribution in [0.1, 0.15) is 5.56 Å². The van der Waals surface area contributed by atoms with Gasteiger partial charge < -0.3 is 4.74 Å². The number of para-hydroxylation sites is 1. The molecule has 3 aromatic rings. The predicted molar refractivity (Wildman–Crippen MR) is 121 cm³/mol. The second-order valence-corrected chi connectivity index (χ2v) is 8.45. The molecule has 1 amide bonds. The number of ether oxygens (including phenoxy) is 1. The summed E-state index contributed by atoms with van der Waals surface area (Å²) in [6.07, 6.45) is 1.35. The highest BCUT2D eigenvalue weighted by Gasteiger charge is 2.28. The third-order valence-corrected chi connectivity index (χ3v) is 6.10. The van der Waals surface area contributed by atoms with Crippen LogP contribution in [0, 0.1) is 17.1 Å². The molecule has 10 heteroatoms. The van der Waals surface area contributed by atoms with Crippen molar-refractivity contribution in [3.05, 3.63) is 90.2 Å². The number of sulfonamides is 1. The molecular weight excluding hydrogens is 447 g/mol. The van der Waals surface area contributed by atoms with Gasteiger partial charge in [-0.05, 0) is 54.1 Å². The van der Waals surface area contributed by atoms with Crippen molar-refractivity contribution >= 4 is 27.8 Å². The number of nitrogens with one attached hydrogen (secondary N) is 1. The number of hydrogen-bond acceptors (Lipinski definition) is 6. The van der Waals surface area contributed by atoms with Crippen molar-refractivity contribution in [2.24, 2.45) is 5.10 Å². The molecule has 0 aliphatic carbocycles. The monoisotopic (exact) mass is 466 g/mol. The minimum Gasteiger partial charge on any atom is -0.479 e. The van der Waals surface area contributed by atoms with E-state index in [0.717, 1.165) is 6.07 Å². The van der Waals surface area contributed by atoms with E-state index in [-0.39, 0.29) is 17.2 Å². The second kappa shape index (κ2) is 10.9. The zero-order valence-electron chi connectivity index (χ0n) is 17.3. The molecule has 0 aliphatic rings. The molecule has 0 saturated carbocycles. The molecule has 0 unspecified atom stereocenters. The Balaban J connectivity index is 1.75. The summed E-state index contributed by atoms with van der Waals surface area (Å²) in [5, 5.41) is 12.3. The van der Waals surface area contributed by atoms with Gasteiger partial charge in [-0.3, -0.25) is 9.10 Å². The minimum absolute atomic E-state index is 0.0755. The Morgan fingerprint density at radius 1 is 1.06 bits per heavy atom. The van der Waals surface area contributed by atoms with Crippen LogP contribution >= 0.6 is 0 Å². The first kappa shape index (κ1) is 23.4. The van der Waals surface area contributed by atoms with Gasteiger partial charge in [0.05, 0.1) is 16.8 Å². The number of hydrazone groups is 1. The molecule has 0 atom stereocenters. The highest BCUT2D eigenvalue weighted by atomic mass is 32.2. The fourth-order valence-electron chi connectivity index (χ4n) is 2.78. The maximum atomic E-state index is 14.4. The first-order chi connectivity index (χ1) is 15.9. The van der Waals surface area contributed by atoms with Gasteiger partial charge in [-0.25, -0.2) is 18.2 Å². The van der Waals surface area contributed by atoms with Gasteiger partial charge in [0.25, 0.3) is 15.9 Å². The van der Waals surface area contributed by atoms with Crippen molar-refractivity contribution in [2.45, 2.75) is 4.90 Å². The minimum atomic E-state index is -4.22. The van der Waals surface area contributed by atoms with Crippen LogP contribution in [0.4, 0.5) is 10.1 Å². The summed E-state index contributed by atoms with van der Waals surface area (Å²) in [5.74, 6) is -1.04. The highest BCUT2D eigenvalue weighted by Crippen LogP contribution is 2.25. The molecule has 3 rings (SSSR count). The van der Waals surface area contributed by atoms with Crippen LogP contribution in [0.15, 0.2) is 88.9 Å². The summed E-state index contributed by atoms with van der Waals surface area (Å²) in [4.78, 5) is 12.4. The molecule has 33 heavy (non-hydrogen) atoms. The molecule has 0 heterocycles. The van der Waals surface area contributed by atoms with E-state index in [1.807, 2.05) is 6.07 Å². The number of rotatable bonds is 9. The molecular formula is C23H19FN4O4S. The molecule has 1 N–H and O–H groups in total. The van der Waals surface area contributed by atoms with Crippen LogP contribution in [0.2, 0.25) is 0 Å². The van der Waals surface area contributed by atoms with E-state index in [1.165, 1.54) is 48.7 Å². The van der Waals surface area contributed by atoms with Crippen molar-refractivity contribution in [3.8, 4) is 11.8 Å². The van der Waals surface area contributed by atoms with Crippen LogP contribution in [-0.4, -0.2) is 33.7 Å². The number of nitrogens with zero attached hydrogens (tertiary/aromatic N) is 3. The Hall–Kier alpha value is -4.23. The molecule has 0 saturated heterocycles. The highest BCUT2D eigenvalue weighted by molar-refractivity contribution is 7.92. The quantitative estimate of drug-likeness (QED) is 0.385. The first-order valence-corrected chi connectivity index (χ1v) is 11.1. The molecule has 0 spiro atoms. The van der Waals surface area contributed by atoms with Crippen LogP contribution < -0.4 is 14.5 Å². The standard InChI is InChI=1S/C23H19FN4O4S/c24-21-8-4-5-9-22(21)28(33(30,31)20-6-2-1-3-7-20)17-23(29)27-26-16-18-10-12-19(13-11-18)32-15-14-25/h1-13,16H,15,17H2,(H,27,29)/b26-16-. The lowest BCUT2D eigenvalue weighted by atomic mass is 10.2. The summed E-state index contributed by atoms with van der Waals surface area (Å²) in [5.41, 5.74) is 2.62. The average Bonchev–Trinajstić information content (AvgIpc) is 2.83. The summed E-state index contributed by atoms with van der Waals surface area (Å²) in [6.45, 7) is -0.760. The number of amides is 1. The maximum Gasteiger partial charge on any atom is 0.264 e. The van der Waals surface area contributed by atoms with Crippen molar-refractivity contribution in [1.29, 1.82) is 5.26 Å². The maximum absolute atomic E-state index is 14.4. The lowest BCUT2D eigenvalue weighted by Gasteiger charge is -2.24. The number of carbonyl (C=O) groups is 1. The van der Waals surface area contributed by atoms with Gasteiger partial charge in [-0.1, -0.05) is 30.3 Å². The van der Waals surface area contributed by atoms with E-state index in [0.29, 0.717) is 15.6 Å². The molecule has 0 fully saturated rings. The van der Waals surface area contributed by atoms with Gasteiger partial charge in [0.2, 0.25) is 0 Å². The number of carbonyl (C=O) groups excluding carboxylic acids is 1. The smallest absolute Gasteiger partial charge is 0.264 e. The summed E-state index contributed by atoms with van der Waals surface area (Å²) in [7, 11) is -4.22. The zero-order chi connectivity index (χ0) is 23.7. The third kappa shape index (κ3) is 6.15. The predicted octanol–water partition coefficient (Wildman–Crippen LogP) is 3.07. The van der Waals surface area contributed by atoms with Crippen molar-refractivity contribution < 1.29 is 22.3 Å². The van der Waals surface area contributed by atoms with Gasteiger partial charge in [-0.15, -0.1) is 0 Å². The average molecular weight is 466 g/mol. The Labute approximate surface area is 190 Å². The van der Waals surface area contributed by atoms with Gasteiger partial charge in [0.15, 0.2) is 6.61 Å². The van der Waals surface area contributed by atoms with Crippen LogP contribution in [0.25, 0.3) is 0 Å². The van der Waals surface area contributed by atoms with Crippen LogP contribution in [0.5, 0.6) is 5.75 Å². The summed E-state index contributed by atoms with van der Waals surface area (Å²) >= 11 is 0. The number of hydrogen-bond donors (Lipinski definition) is 1. The Morgan fingerprint density at radius 3 is 2.39 bits per heavy atom. The van der Waals surface area contributed by atoms with E-state index in [1.54, 1.807) is 30.3 Å². The van der Waals surface area contributed by atoms with Gasteiger partial charge in [-0.2, -0.15) is 10.4 Å². The molecule has 8 nitrogen and oxygen atoms in total. The molecule has 0 bridgehead atoms. The topological polar surface area (TPSA) is 112 Å². The number of anilines is 1. The second-order valence-electron chi connectivity index (χ2n) is 6.59. The van der Waals surface area contributed by atoms with Gasteiger partial charge in [0.1, 0.15) is 24.2 Å². The lowest BCUT2D eigenvalue weighted by Crippen LogP contribution is -2.40. The largest absolute Gasteiger partial charge is 0.479 e. The number of benzene rings is 3. The van der Waals surface area contributed by atoms with Crippen molar-refractivity contribution in [2.75, 3.05) is 17.5 Å². The van der Waals surface area contributed by atoms with Crippen molar-refractivity contribution in [3.63, 3.8) is 0 Å². The number of halogens is 1. The molecule has 3 aromatic carbocycles.